The Morgan fingerprint density at radius 1 is 1.14 bits per heavy atom. The van der Waals surface area contributed by atoms with Gasteiger partial charge in [-0.3, -0.25) is 0 Å². The molecule has 0 aromatic heterocycles. The maximum atomic E-state index is 12.4. The standard InChI is InChI=1S/C9H6F4O/c1-14-8(9(11,12)13)6-2-4-7(10)5-3-6/h1-5,8H. The quantitative estimate of drug-likeness (QED) is 0.675. The lowest BCUT2D eigenvalue weighted by atomic mass is 10.1. The highest BCUT2D eigenvalue weighted by Gasteiger charge is 2.41. The molecule has 2 radical (unpaired) electrons. The molecule has 0 bridgehead atoms. The van der Waals surface area contributed by atoms with Crippen molar-refractivity contribution in [2.45, 2.75) is 12.3 Å². The molecule has 0 aliphatic heterocycles. The van der Waals surface area contributed by atoms with Gasteiger partial charge in [-0.1, -0.05) is 12.1 Å². The lowest BCUT2D eigenvalue weighted by molar-refractivity contribution is -0.209. The van der Waals surface area contributed by atoms with Gasteiger partial charge in [0.15, 0.2) is 6.10 Å². The van der Waals surface area contributed by atoms with E-state index in [1.54, 1.807) is 0 Å². The van der Waals surface area contributed by atoms with Gasteiger partial charge in [0.1, 0.15) is 12.9 Å². The Bertz CT molecular complexity index is 291. The molecule has 0 saturated carbocycles. The second-order valence-electron chi connectivity index (χ2n) is 2.61. The first kappa shape index (κ1) is 11.0. The zero-order chi connectivity index (χ0) is 10.8. The second kappa shape index (κ2) is 3.96. The van der Waals surface area contributed by atoms with Gasteiger partial charge >= 0.3 is 6.18 Å². The van der Waals surface area contributed by atoms with E-state index < -0.39 is 18.1 Å². The summed E-state index contributed by atoms with van der Waals surface area (Å²) in [5, 5.41) is 0. The minimum Gasteiger partial charge on any atom is -0.355 e. The van der Waals surface area contributed by atoms with Gasteiger partial charge in [0.2, 0.25) is 0 Å². The molecule has 1 aromatic carbocycles. The summed E-state index contributed by atoms with van der Waals surface area (Å²) in [5.74, 6) is -0.619. The molecule has 1 unspecified atom stereocenters. The van der Waals surface area contributed by atoms with Gasteiger partial charge < -0.3 is 4.74 Å². The minimum atomic E-state index is -4.60. The monoisotopic (exact) mass is 206 g/mol. The van der Waals surface area contributed by atoms with Crippen molar-refractivity contribution in [3.63, 3.8) is 0 Å². The van der Waals surface area contributed by atoms with Crippen LogP contribution in [0.4, 0.5) is 17.6 Å². The fourth-order valence-corrected chi connectivity index (χ4v) is 0.982. The summed E-state index contributed by atoms with van der Waals surface area (Å²) in [7, 11) is 4.52. The van der Waals surface area contributed by atoms with E-state index >= 15 is 0 Å². The van der Waals surface area contributed by atoms with Gasteiger partial charge in [0.05, 0.1) is 0 Å². The van der Waals surface area contributed by atoms with Gasteiger partial charge in [-0.2, -0.15) is 13.2 Å². The van der Waals surface area contributed by atoms with Crippen LogP contribution in [0, 0.1) is 12.9 Å². The largest absolute Gasteiger partial charge is 0.418 e. The molecule has 1 nitrogen and oxygen atoms in total. The predicted molar refractivity (Wildman–Crippen MR) is 40.6 cm³/mol. The Hall–Kier alpha value is -1.10. The van der Waals surface area contributed by atoms with Gasteiger partial charge in [0.25, 0.3) is 0 Å². The van der Waals surface area contributed by atoms with E-state index in [0.717, 1.165) is 24.3 Å². The molecule has 0 aliphatic rings. The number of alkyl halides is 3. The van der Waals surface area contributed by atoms with Crippen LogP contribution in [-0.4, -0.2) is 6.18 Å². The third-order valence-electron chi connectivity index (χ3n) is 1.61. The highest BCUT2D eigenvalue weighted by molar-refractivity contribution is 5.19. The molecule has 0 amide bonds. The SMILES string of the molecule is [CH]OC(c1ccc(F)cc1)C(F)(F)F. The Morgan fingerprint density at radius 2 is 1.64 bits per heavy atom. The molecular weight excluding hydrogens is 200 g/mol. The van der Waals surface area contributed by atoms with Crippen LogP contribution in [-0.2, 0) is 4.74 Å². The summed E-state index contributed by atoms with van der Waals surface area (Å²) >= 11 is 0. The number of ether oxygens (including phenoxy) is 1. The molecule has 76 valence electrons. The normalized spacial score (nSPS) is 14.1. The molecule has 0 spiro atoms. The van der Waals surface area contributed by atoms with E-state index in [1.807, 2.05) is 0 Å². The maximum absolute atomic E-state index is 12.4. The fourth-order valence-electron chi connectivity index (χ4n) is 0.982. The third kappa shape index (κ3) is 2.45. The molecule has 1 atom stereocenters. The van der Waals surface area contributed by atoms with E-state index in [-0.39, 0.29) is 5.56 Å². The summed E-state index contributed by atoms with van der Waals surface area (Å²) in [4.78, 5) is 0. The molecule has 1 aromatic rings. The fraction of sp³-hybridized carbons (Fsp3) is 0.222. The zero-order valence-corrected chi connectivity index (χ0v) is 6.88. The summed E-state index contributed by atoms with van der Waals surface area (Å²) in [6, 6.07) is 3.76. The van der Waals surface area contributed by atoms with Crippen molar-refractivity contribution in [3.8, 4) is 0 Å². The van der Waals surface area contributed by atoms with Crippen molar-refractivity contribution in [2.24, 2.45) is 0 Å². The molecular formula is C9H6F4O. The highest BCUT2D eigenvalue weighted by Crippen LogP contribution is 2.35. The molecule has 0 heterocycles. The second-order valence-corrected chi connectivity index (χ2v) is 2.61. The Balaban J connectivity index is 2.96. The maximum Gasteiger partial charge on any atom is 0.418 e. The molecule has 0 aliphatic carbocycles. The number of hydrogen-bond acceptors (Lipinski definition) is 1. The lowest BCUT2D eigenvalue weighted by Crippen LogP contribution is -2.21. The Morgan fingerprint density at radius 3 is 2.00 bits per heavy atom. The van der Waals surface area contributed by atoms with E-state index in [9.17, 15) is 17.6 Å². The van der Waals surface area contributed by atoms with Crippen molar-refractivity contribution < 1.29 is 22.3 Å². The molecule has 0 saturated heterocycles. The molecule has 0 N–H and O–H groups in total. The Kier molecular flexibility index (Phi) is 3.10. The Labute approximate surface area is 78.3 Å². The van der Waals surface area contributed by atoms with Gasteiger partial charge in [0, 0.05) is 0 Å². The first-order chi connectivity index (χ1) is 6.45. The van der Waals surface area contributed by atoms with E-state index in [4.69, 9.17) is 0 Å². The van der Waals surface area contributed by atoms with Crippen LogP contribution < -0.4 is 0 Å². The van der Waals surface area contributed by atoms with E-state index in [0.29, 0.717) is 0 Å². The van der Waals surface area contributed by atoms with Gasteiger partial charge in [-0.25, -0.2) is 4.39 Å². The number of benzene rings is 1. The zero-order valence-electron chi connectivity index (χ0n) is 6.88. The van der Waals surface area contributed by atoms with Gasteiger partial charge in [-0.15, -0.1) is 0 Å². The van der Waals surface area contributed by atoms with Crippen molar-refractivity contribution in [3.05, 3.63) is 42.8 Å². The topological polar surface area (TPSA) is 9.23 Å². The average Bonchev–Trinajstić information content (AvgIpc) is 2.07. The molecule has 0 fully saturated rings. The summed E-state index contributed by atoms with van der Waals surface area (Å²) in [5.41, 5.74) is -0.235. The first-order valence-electron chi connectivity index (χ1n) is 3.63. The van der Waals surface area contributed by atoms with Crippen molar-refractivity contribution >= 4 is 0 Å². The number of hydrogen-bond donors (Lipinski definition) is 0. The van der Waals surface area contributed by atoms with Crippen LogP contribution in [0.2, 0.25) is 0 Å². The van der Waals surface area contributed by atoms with E-state index in [1.165, 1.54) is 0 Å². The first-order valence-corrected chi connectivity index (χ1v) is 3.63. The van der Waals surface area contributed by atoms with Crippen LogP contribution in [0.5, 0.6) is 0 Å². The summed E-state index contributed by atoms with van der Waals surface area (Å²) < 4.78 is 52.8. The van der Waals surface area contributed by atoms with Crippen LogP contribution in [0.1, 0.15) is 11.7 Å². The van der Waals surface area contributed by atoms with Crippen molar-refractivity contribution in [2.75, 3.05) is 0 Å². The number of halogens is 4. The molecule has 1 rings (SSSR count). The molecule has 5 heteroatoms. The van der Waals surface area contributed by atoms with Crippen LogP contribution in [0.3, 0.4) is 0 Å². The third-order valence-corrected chi connectivity index (χ3v) is 1.61. The van der Waals surface area contributed by atoms with E-state index in [2.05, 4.69) is 11.8 Å². The average molecular weight is 206 g/mol. The van der Waals surface area contributed by atoms with Crippen LogP contribution >= 0.6 is 0 Å². The summed E-state index contributed by atoms with van der Waals surface area (Å²) in [6.07, 6.45) is -6.82. The predicted octanol–water partition coefficient (Wildman–Crippen LogP) is 3.11. The smallest absolute Gasteiger partial charge is 0.355 e. The van der Waals surface area contributed by atoms with Crippen molar-refractivity contribution in [1.29, 1.82) is 0 Å². The minimum absolute atomic E-state index is 0.235. The van der Waals surface area contributed by atoms with Crippen LogP contribution in [0.15, 0.2) is 24.3 Å². The summed E-state index contributed by atoms with van der Waals surface area (Å²) in [6.45, 7) is 0. The number of rotatable bonds is 2. The van der Waals surface area contributed by atoms with Gasteiger partial charge in [-0.05, 0) is 17.7 Å². The highest BCUT2D eigenvalue weighted by atomic mass is 19.4. The van der Waals surface area contributed by atoms with Crippen LogP contribution in [0.25, 0.3) is 0 Å². The van der Waals surface area contributed by atoms with Crippen molar-refractivity contribution in [1.82, 2.24) is 0 Å². The lowest BCUT2D eigenvalue weighted by Gasteiger charge is -2.18. The molecule has 14 heavy (non-hydrogen) atoms.